The molecule has 1 aromatic carbocycles. The first-order valence-electron chi connectivity index (χ1n) is 5.57. The Morgan fingerprint density at radius 1 is 1.45 bits per heavy atom. The standard InChI is InChI=1S/C13H9ClN4O2/c1-17(12-5-3-2-4-9(12)7-15)13-11(14)6-10(8-16-13)18(19)20/h2-6,8H,1H3. The number of halogens is 1. The zero-order chi connectivity index (χ0) is 14.7. The average molecular weight is 289 g/mol. The SMILES string of the molecule is CN(c1ccccc1C#N)c1ncc([N+](=O)[O-])cc1Cl. The highest BCUT2D eigenvalue weighted by Gasteiger charge is 2.16. The highest BCUT2D eigenvalue weighted by molar-refractivity contribution is 6.33. The van der Waals surface area contributed by atoms with Crippen molar-refractivity contribution in [1.29, 1.82) is 5.26 Å². The predicted molar refractivity (Wildman–Crippen MR) is 75.1 cm³/mol. The maximum Gasteiger partial charge on any atom is 0.289 e. The molecule has 0 aliphatic rings. The van der Waals surface area contributed by atoms with Gasteiger partial charge in [0.25, 0.3) is 5.69 Å². The zero-order valence-electron chi connectivity index (χ0n) is 10.4. The molecular formula is C13H9ClN4O2. The number of hydrogen-bond donors (Lipinski definition) is 0. The van der Waals surface area contributed by atoms with Gasteiger partial charge in [0.15, 0.2) is 5.82 Å². The van der Waals surface area contributed by atoms with Crippen LogP contribution in [0.4, 0.5) is 17.2 Å². The number of nitro groups is 1. The molecule has 1 aromatic heterocycles. The molecule has 20 heavy (non-hydrogen) atoms. The molecule has 0 saturated heterocycles. The summed E-state index contributed by atoms with van der Waals surface area (Å²) in [5, 5.41) is 19.9. The van der Waals surface area contributed by atoms with Gasteiger partial charge in [-0.2, -0.15) is 5.26 Å². The molecule has 7 heteroatoms. The van der Waals surface area contributed by atoms with Crippen molar-refractivity contribution in [3.8, 4) is 6.07 Å². The van der Waals surface area contributed by atoms with E-state index in [9.17, 15) is 10.1 Å². The van der Waals surface area contributed by atoms with Crippen LogP contribution in [-0.4, -0.2) is 17.0 Å². The molecule has 2 rings (SSSR count). The van der Waals surface area contributed by atoms with E-state index >= 15 is 0 Å². The van der Waals surface area contributed by atoms with Crippen molar-refractivity contribution in [1.82, 2.24) is 4.98 Å². The lowest BCUT2D eigenvalue weighted by atomic mass is 10.2. The first-order chi connectivity index (χ1) is 9.54. The number of para-hydroxylation sites is 1. The van der Waals surface area contributed by atoms with Crippen LogP contribution in [0.2, 0.25) is 5.02 Å². The number of pyridine rings is 1. The summed E-state index contributed by atoms with van der Waals surface area (Å²) in [4.78, 5) is 15.7. The fourth-order valence-electron chi connectivity index (χ4n) is 1.74. The topological polar surface area (TPSA) is 83.1 Å². The van der Waals surface area contributed by atoms with Crippen LogP contribution in [0.5, 0.6) is 0 Å². The molecule has 100 valence electrons. The summed E-state index contributed by atoms with van der Waals surface area (Å²) in [6.45, 7) is 0. The molecule has 0 radical (unpaired) electrons. The Morgan fingerprint density at radius 2 is 2.15 bits per heavy atom. The van der Waals surface area contributed by atoms with Crippen molar-refractivity contribution in [3.63, 3.8) is 0 Å². The largest absolute Gasteiger partial charge is 0.327 e. The van der Waals surface area contributed by atoms with Gasteiger partial charge < -0.3 is 4.90 Å². The number of benzene rings is 1. The molecule has 0 spiro atoms. The van der Waals surface area contributed by atoms with Crippen LogP contribution in [0.1, 0.15) is 5.56 Å². The molecule has 0 N–H and O–H groups in total. The Hall–Kier alpha value is -2.65. The summed E-state index contributed by atoms with van der Waals surface area (Å²) < 4.78 is 0. The van der Waals surface area contributed by atoms with Crippen LogP contribution in [0.3, 0.4) is 0 Å². The van der Waals surface area contributed by atoms with Crippen molar-refractivity contribution in [2.75, 3.05) is 11.9 Å². The number of hydrogen-bond acceptors (Lipinski definition) is 5. The minimum atomic E-state index is -0.564. The lowest BCUT2D eigenvalue weighted by Gasteiger charge is -2.20. The lowest BCUT2D eigenvalue weighted by molar-refractivity contribution is -0.385. The molecule has 6 nitrogen and oxygen atoms in total. The second-order valence-electron chi connectivity index (χ2n) is 3.94. The minimum Gasteiger partial charge on any atom is -0.327 e. The van der Waals surface area contributed by atoms with Crippen LogP contribution in [0.25, 0.3) is 0 Å². The van der Waals surface area contributed by atoms with Crippen LogP contribution < -0.4 is 4.90 Å². The van der Waals surface area contributed by atoms with E-state index in [-0.39, 0.29) is 10.7 Å². The van der Waals surface area contributed by atoms with E-state index in [0.717, 1.165) is 6.20 Å². The van der Waals surface area contributed by atoms with Crippen molar-refractivity contribution >= 4 is 28.8 Å². The van der Waals surface area contributed by atoms with Gasteiger partial charge >= 0.3 is 0 Å². The summed E-state index contributed by atoms with van der Waals surface area (Å²) in [5.41, 5.74) is 0.908. The summed E-state index contributed by atoms with van der Waals surface area (Å²) in [7, 11) is 1.69. The second kappa shape index (κ2) is 5.55. The fourth-order valence-corrected chi connectivity index (χ4v) is 2.03. The summed E-state index contributed by atoms with van der Waals surface area (Å²) >= 11 is 6.02. The van der Waals surface area contributed by atoms with Gasteiger partial charge in [-0.1, -0.05) is 23.7 Å². The molecule has 0 amide bonds. The molecule has 0 fully saturated rings. The van der Waals surface area contributed by atoms with Gasteiger partial charge in [0.05, 0.1) is 21.2 Å². The normalized spacial score (nSPS) is 9.85. The van der Waals surface area contributed by atoms with Gasteiger partial charge in [-0.05, 0) is 12.1 Å². The average Bonchev–Trinajstić information content (AvgIpc) is 2.46. The molecule has 2 aromatic rings. The van der Waals surface area contributed by atoms with Crippen LogP contribution in [0.15, 0.2) is 36.5 Å². The van der Waals surface area contributed by atoms with E-state index < -0.39 is 4.92 Å². The second-order valence-corrected chi connectivity index (χ2v) is 4.35. The van der Waals surface area contributed by atoms with E-state index in [1.54, 1.807) is 36.2 Å². The smallest absolute Gasteiger partial charge is 0.289 e. The molecule has 0 aliphatic heterocycles. The molecular weight excluding hydrogens is 280 g/mol. The number of nitrogens with zero attached hydrogens (tertiary/aromatic N) is 4. The highest BCUT2D eigenvalue weighted by Crippen LogP contribution is 2.32. The number of rotatable bonds is 3. The maximum absolute atomic E-state index is 10.7. The molecule has 0 saturated carbocycles. The van der Waals surface area contributed by atoms with Crippen LogP contribution >= 0.6 is 11.6 Å². The van der Waals surface area contributed by atoms with E-state index in [2.05, 4.69) is 11.1 Å². The Balaban J connectivity index is 2.46. The van der Waals surface area contributed by atoms with Gasteiger partial charge in [-0.3, -0.25) is 10.1 Å². The van der Waals surface area contributed by atoms with Gasteiger partial charge in [0.2, 0.25) is 0 Å². The van der Waals surface area contributed by atoms with Crippen molar-refractivity contribution < 1.29 is 4.92 Å². The van der Waals surface area contributed by atoms with Gasteiger partial charge in [0.1, 0.15) is 12.3 Å². The number of anilines is 2. The van der Waals surface area contributed by atoms with Crippen molar-refractivity contribution in [2.45, 2.75) is 0 Å². The Morgan fingerprint density at radius 3 is 2.75 bits per heavy atom. The van der Waals surface area contributed by atoms with Crippen molar-refractivity contribution in [2.24, 2.45) is 0 Å². The molecule has 0 aliphatic carbocycles. The van der Waals surface area contributed by atoms with E-state index in [1.165, 1.54) is 6.07 Å². The fraction of sp³-hybridized carbons (Fsp3) is 0.0769. The summed E-state index contributed by atoms with van der Waals surface area (Å²) in [6, 6.07) is 10.3. The molecule has 0 atom stereocenters. The van der Waals surface area contributed by atoms with E-state index in [4.69, 9.17) is 16.9 Å². The van der Waals surface area contributed by atoms with E-state index in [0.29, 0.717) is 17.1 Å². The summed E-state index contributed by atoms with van der Waals surface area (Å²) in [5.74, 6) is 0.347. The molecule has 1 heterocycles. The third-order valence-corrected chi connectivity index (χ3v) is 3.00. The highest BCUT2D eigenvalue weighted by atomic mass is 35.5. The zero-order valence-corrected chi connectivity index (χ0v) is 11.2. The number of aromatic nitrogens is 1. The maximum atomic E-state index is 10.7. The Kier molecular flexibility index (Phi) is 3.82. The van der Waals surface area contributed by atoms with Gasteiger partial charge in [-0.25, -0.2) is 4.98 Å². The first-order valence-corrected chi connectivity index (χ1v) is 5.95. The molecule has 0 unspecified atom stereocenters. The van der Waals surface area contributed by atoms with E-state index in [1.807, 2.05) is 0 Å². The monoisotopic (exact) mass is 288 g/mol. The summed E-state index contributed by atoms with van der Waals surface area (Å²) in [6.07, 6.45) is 1.13. The molecule has 0 bridgehead atoms. The number of nitriles is 1. The predicted octanol–water partition coefficient (Wildman–Crippen LogP) is 3.28. The van der Waals surface area contributed by atoms with Crippen LogP contribution in [-0.2, 0) is 0 Å². The quantitative estimate of drug-likeness (QED) is 0.639. The third-order valence-electron chi connectivity index (χ3n) is 2.72. The Bertz CT molecular complexity index is 712. The minimum absolute atomic E-state index is 0.148. The van der Waals surface area contributed by atoms with Crippen LogP contribution in [0, 0.1) is 21.4 Å². The third kappa shape index (κ3) is 2.53. The first kappa shape index (κ1) is 13.8. The van der Waals surface area contributed by atoms with Gasteiger partial charge in [-0.15, -0.1) is 0 Å². The Labute approximate surface area is 120 Å². The van der Waals surface area contributed by atoms with Crippen molar-refractivity contribution in [3.05, 3.63) is 57.2 Å². The van der Waals surface area contributed by atoms with Gasteiger partial charge in [0, 0.05) is 13.1 Å². The lowest BCUT2D eigenvalue weighted by Crippen LogP contribution is -2.13.